The van der Waals surface area contributed by atoms with E-state index in [4.69, 9.17) is 0 Å². The van der Waals surface area contributed by atoms with E-state index in [9.17, 15) is 5.11 Å². The third-order valence-corrected chi connectivity index (χ3v) is 3.90. The Hall–Kier alpha value is 0.0100. The van der Waals surface area contributed by atoms with E-state index in [0.29, 0.717) is 6.04 Å². The standard InChI is InChI=1S/C11H21NOS/c1-3-4-5-10(2)12-8-11(13)6-7-14-9-11/h3,10,12-13H,1,4-9H2,2H3/t10-,11+/m0/s1. The molecule has 0 amide bonds. The van der Waals surface area contributed by atoms with Crippen LogP contribution in [0.3, 0.4) is 0 Å². The molecular formula is C11H21NOS. The van der Waals surface area contributed by atoms with Crippen LogP contribution in [0, 0.1) is 0 Å². The number of allylic oxidation sites excluding steroid dienone is 1. The molecule has 1 rings (SSSR count). The van der Waals surface area contributed by atoms with Crippen LogP contribution in [0.4, 0.5) is 0 Å². The van der Waals surface area contributed by atoms with Crippen LogP contribution in [0.25, 0.3) is 0 Å². The first kappa shape index (κ1) is 12.1. The summed E-state index contributed by atoms with van der Waals surface area (Å²) in [6, 6.07) is 0.475. The molecule has 14 heavy (non-hydrogen) atoms. The third kappa shape index (κ3) is 4.03. The summed E-state index contributed by atoms with van der Waals surface area (Å²) in [6.45, 7) is 6.60. The van der Waals surface area contributed by atoms with E-state index in [2.05, 4.69) is 18.8 Å². The monoisotopic (exact) mass is 215 g/mol. The minimum absolute atomic E-state index is 0.451. The molecule has 1 saturated heterocycles. The molecule has 1 heterocycles. The summed E-state index contributed by atoms with van der Waals surface area (Å²) in [7, 11) is 0. The molecule has 0 bridgehead atoms. The van der Waals surface area contributed by atoms with E-state index in [-0.39, 0.29) is 0 Å². The lowest BCUT2D eigenvalue weighted by Crippen LogP contribution is -2.43. The zero-order valence-corrected chi connectivity index (χ0v) is 9.78. The van der Waals surface area contributed by atoms with Crippen molar-refractivity contribution in [2.45, 2.75) is 37.8 Å². The van der Waals surface area contributed by atoms with Gasteiger partial charge in [0.1, 0.15) is 0 Å². The average Bonchev–Trinajstić information content (AvgIpc) is 2.60. The Labute approximate surface area is 91.2 Å². The van der Waals surface area contributed by atoms with Crippen molar-refractivity contribution in [2.24, 2.45) is 0 Å². The first-order valence-corrected chi connectivity index (χ1v) is 6.46. The van der Waals surface area contributed by atoms with Gasteiger partial charge in [0.25, 0.3) is 0 Å². The Kier molecular flexibility index (Phi) is 4.99. The van der Waals surface area contributed by atoms with Crippen LogP contribution in [0.15, 0.2) is 12.7 Å². The molecular weight excluding hydrogens is 194 g/mol. The van der Waals surface area contributed by atoms with Crippen LogP contribution in [0.5, 0.6) is 0 Å². The Balaban J connectivity index is 2.15. The predicted octanol–water partition coefficient (Wildman–Crippen LogP) is 1.80. The fraction of sp³-hybridized carbons (Fsp3) is 0.818. The van der Waals surface area contributed by atoms with Gasteiger partial charge in [-0.15, -0.1) is 6.58 Å². The van der Waals surface area contributed by atoms with Gasteiger partial charge in [-0.05, 0) is 31.9 Å². The van der Waals surface area contributed by atoms with Crippen molar-refractivity contribution in [3.05, 3.63) is 12.7 Å². The number of aliphatic hydroxyl groups is 1. The van der Waals surface area contributed by atoms with Gasteiger partial charge in [-0.25, -0.2) is 0 Å². The molecule has 0 aromatic rings. The molecule has 0 radical (unpaired) electrons. The van der Waals surface area contributed by atoms with Gasteiger partial charge >= 0.3 is 0 Å². The molecule has 0 unspecified atom stereocenters. The van der Waals surface area contributed by atoms with Crippen LogP contribution < -0.4 is 5.32 Å². The molecule has 2 N–H and O–H groups in total. The number of rotatable bonds is 6. The van der Waals surface area contributed by atoms with E-state index < -0.39 is 5.60 Å². The molecule has 3 heteroatoms. The molecule has 1 fully saturated rings. The Morgan fingerprint density at radius 3 is 3.07 bits per heavy atom. The van der Waals surface area contributed by atoms with Gasteiger partial charge in [-0.3, -0.25) is 0 Å². The molecule has 0 aromatic heterocycles. The van der Waals surface area contributed by atoms with E-state index in [1.807, 2.05) is 17.8 Å². The van der Waals surface area contributed by atoms with Crippen molar-refractivity contribution in [1.82, 2.24) is 5.32 Å². The van der Waals surface area contributed by atoms with Gasteiger partial charge < -0.3 is 10.4 Å². The normalized spacial score (nSPS) is 29.0. The summed E-state index contributed by atoms with van der Waals surface area (Å²) in [5.74, 6) is 1.98. The molecule has 0 aromatic carbocycles. The second-order valence-corrected chi connectivity index (χ2v) is 5.28. The summed E-state index contributed by atoms with van der Waals surface area (Å²) >= 11 is 1.84. The average molecular weight is 215 g/mol. The quantitative estimate of drug-likeness (QED) is 0.663. The van der Waals surface area contributed by atoms with Crippen LogP contribution in [0.2, 0.25) is 0 Å². The summed E-state index contributed by atoms with van der Waals surface area (Å²) in [5, 5.41) is 13.5. The molecule has 0 aliphatic carbocycles. The zero-order valence-electron chi connectivity index (χ0n) is 8.96. The maximum Gasteiger partial charge on any atom is 0.0869 e. The van der Waals surface area contributed by atoms with E-state index in [0.717, 1.165) is 37.3 Å². The van der Waals surface area contributed by atoms with Gasteiger partial charge in [-0.1, -0.05) is 6.08 Å². The van der Waals surface area contributed by atoms with Gasteiger partial charge in [0.05, 0.1) is 5.60 Å². The molecule has 0 saturated carbocycles. The maximum absolute atomic E-state index is 10.1. The van der Waals surface area contributed by atoms with E-state index >= 15 is 0 Å². The lowest BCUT2D eigenvalue weighted by molar-refractivity contribution is 0.0649. The Morgan fingerprint density at radius 1 is 1.71 bits per heavy atom. The van der Waals surface area contributed by atoms with Gasteiger partial charge in [-0.2, -0.15) is 11.8 Å². The maximum atomic E-state index is 10.1. The zero-order chi connectivity index (χ0) is 10.4. The Bertz CT molecular complexity index is 178. The number of thioether (sulfide) groups is 1. The van der Waals surface area contributed by atoms with Crippen LogP contribution in [-0.4, -0.2) is 34.8 Å². The topological polar surface area (TPSA) is 32.3 Å². The molecule has 1 aliphatic heterocycles. The summed E-state index contributed by atoms with van der Waals surface area (Å²) in [4.78, 5) is 0. The van der Waals surface area contributed by atoms with E-state index in [1.165, 1.54) is 0 Å². The van der Waals surface area contributed by atoms with Gasteiger partial charge in [0.2, 0.25) is 0 Å². The predicted molar refractivity (Wildman–Crippen MR) is 63.8 cm³/mol. The number of nitrogens with one attached hydrogen (secondary N) is 1. The molecule has 1 aliphatic rings. The molecule has 2 atom stereocenters. The van der Waals surface area contributed by atoms with Crippen molar-refractivity contribution in [3.63, 3.8) is 0 Å². The Morgan fingerprint density at radius 2 is 2.50 bits per heavy atom. The lowest BCUT2D eigenvalue weighted by atomic mass is 10.0. The van der Waals surface area contributed by atoms with Gasteiger partial charge in [0, 0.05) is 18.3 Å². The van der Waals surface area contributed by atoms with Gasteiger partial charge in [0.15, 0.2) is 0 Å². The largest absolute Gasteiger partial charge is 0.388 e. The first-order valence-electron chi connectivity index (χ1n) is 5.31. The van der Waals surface area contributed by atoms with Crippen molar-refractivity contribution in [2.75, 3.05) is 18.1 Å². The SMILES string of the molecule is C=CCC[C@H](C)NC[C@]1(O)CCSC1. The summed E-state index contributed by atoms with van der Waals surface area (Å²) < 4.78 is 0. The van der Waals surface area contributed by atoms with Crippen molar-refractivity contribution < 1.29 is 5.11 Å². The fourth-order valence-corrected chi connectivity index (χ4v) is 2.87. The number of hydrogen-bond donors (Lipinski definition) is 2. The highest BCUT2D eigenvalue weighted by atomic mass is 32.2. The highest BCUT2D eigenvalue weighted by molar-refractivity contribution is 7.99. The highest BCUT2D eigenvalue weighted by Crippen LogP contribution is 2.27. The summed E-state index contributed by atoms with van der Waals surface area (Å²) in [5.41, 5.74) is -0.451. The minimum Gasteiger partial charge on any atom is -0.388 e. The highest BCUT2D eigenvalue weighted by Gasteiger charge is 2.31. The first-order chi connectivity index (χ1) is 6.66. The van der Waals surface area contributed by atoms with Crippen LogP contribution in [0.1, 0.15) is 26.2 Å². The summed E-state index contributed by atoms with van der Waals surface area (Å²) in [6.07, 6.45) is 5.02. The molecule has 82 valence electrons. The van der Waals surface area contributed by atoms with Crippen molar-refractivity contribution >= 4 is 11.8 Å². The van der Waals surface area contributed by atoms with Crippen LogP contribution >= 0.6 is 11.8 Å². The minimum atomic E-state index is -0.451. The van der Waals surface area contributed by atoms with Crippen molar-refractivity contribution in [3.8, 4) is 0 Å². The second kappa shape index (κ2) is 5.79. The second-order valence-electron chi connectivity index (χ2n) is 4.17. The third-order valence-electron chi connectivity index (χ3n) is 2.67. The number of hydrogen-bond acceptors (Lipinski definition) is 3. The molecule has 0 spiro atoms. The van der Waals surface area contributed by atoms with Crippen LogP contribution in [-0.2, 0) is 0 Å². The fourth-order valence-electron chi connectivity index (χ4n) is 1.57. The smallest absolute Gasteiger partial charge is 0.0869 e. The van der Waals surface area contributed by atoms with E-state index in [1.54, 1.807) is 0 Å². The lowest BCUT2D eigenvalue weighted by Gasteiger charge is -2.24. The van der Waals surface area contributed by atoms with Crippen molar-refractivity contribution in [1.29, 1.82) is 0 Å². The molecule has 2 nitrogen and oxygen atoms in total.